The van der Waals surface area contributed by atoms with Gasteiger partial charge in [0.1, 0.15) is 4.60 Å². The summed E-state index contributed by atoms with van der Waals surface area (Å²) < 4.78 is 0.842. The molecule has 1 aromatic heterocycles. The van der Waals surface area contributed by atoms with Crippen molar-refractivity contribution >= 4 is 31.9 Å². The Morgan fingerprint density at radius 2 is 2.30 bits per heavy atom. The summed E-state index contributed by atoms with van der Waals surface area (Å²) in [6.07, 6.45) is 2.68. The molecule has 0 fully saturated rings. The predicted molar refractivity (Wildman–Crippen MR) is 47.2 cm³/mol. The number of hydrogen-bond acceptors (Lipinski definition) is 2. The van der Waals surface area contributed by atoms with Crippen LogP contribution in [0.25, 0.3) is 0 Å². The number of alkyl halides is 1. The molecule has 0 saturated carbocycles. The van der Waals surface area contributed by atoms with Crippen LogP contribution in [0.15, 0.2) is 16.9 Å². The first-order valence-corrected chi connectivity index (χ1v) is 4.78. The van der Waals surface area contributed by atoms with E-state index in [-0.39, 0.29) is 0 Å². The van der Waals surface area contributed by atoms with Gasteiger partial charge in [-0.25, -0.2) is 0 Å². The van der Waals surface area contributed by atoms with Gasteiger partial charge in [0, 0.05) is 11.5 Å². The molecule has 54 valence electrons. The van der Waals surface area contributed by atoms with Gasteiger partial charge in [-0.3, -0.25) is 0 Å². The normalized spacial score (nSPS) is 9.80. The highest BCUT2D eigenvalue weighted by molar-refractivity contribution is 9.10. The molecule has 0 aromatic carbocycles. The summed E-state index contributed by atoms with van der Waals surface area (Å²) in [6.45, 7) is 0. The molecule has 1 aromatic rings. The summed E-state index contributed by atoms with van der Waals surface area (Å²) in [6, 6.07) is 1.96. The van der Waals surface area contributed by atoms with Crippen LogP contribution in [-0.2, 0) is 6.42 Å². The number of halogens is 2. The molecular formula is C6H6Br2N2. The van der Waals surface area contributed by atoms with Gasteiger partial charge in [0.05, 0.1) is 0 Å². The lowest BCUT2D eigenvalue weighted by Gasteiger charge is -1.96. The molecule has 1 rings (SSSR count). The summed E-state index contributed by atoms with van der Waals surface area (Å²) >= 11 is 6.65. The van der Waals surface area contributed by atoms with Gasteiger partial charge in [0.15, 0.2) is 0 Å². The van der Waals surface area contributed by atoms with Crippen molar-refractivity contribution in [1.29, 1.82) is 0 Å². The number of nitrogens with zero attached hydrogens (tertiary/aromatic N) is 2. The second-order valence-electron chi connectivity index (χ2n) is 1.79. The molecule has 10 heavy (non-hydrogen) atoms. The van der Waals surface area contributed by atoms with Crippen molar-refractivity contribution in [3.63, 3.8) is 0 Å². The van der Waals surface area contributed by atoms with Gasteiger partial charge in [-0.05, 0) is 34.0 Å². The Morgan fingerprint density at radius 1 is 1.50 bits per heavy atom. The van der Waals surface area contributed by atoms with E-state index in [1.165, 1.54) is 5.56 Å². The molecule has 2 nitrogen and oxygen atoms in total. The number of aryl methyl sites for hydroxylation is 1. The molecule has 0 saturated heterocycles. The number of hydrogen-bond donors (Lipinski definition) is 0. The highest BCUT2D eigenvalue weighted by atomic mass is 79.9. The first-order chi connectivity index (χ1) is 4.84. The van der Waals surface area contributed by atoms with E-state index in [1.807, 2.05) is 6.07 Å². The minimum Gasteiger partial charge on any atom is -0.158 e. The van der Waals surface area contributed by atoms with Crippen LogP contribution >= 0.6 is 31.9 Å². The third-order valence-corrected chi connectivity index (χ3v) is 2.18. The zero-order valence-electron chi connectivity index (χ0n) is 5.22. The van der Waals surface area contributed by atoms with Gasteiger partial charge in [-0.1, -0.05) is 15.9 Å². The van der Waals surface area contributed by atoms with Gasteiger partial charge in [-0.15, -0.1) is 5.10 Å². The molecule has 4 heteroatoms. The quantitative estimate of drug-likeness (QED) is 0.766. The fourth-order valence-electron chi connectivity index (χ4n) is 0.629. The highest BCUT2D eigenvalue weighted by Crippen LogP contribution is 2.12. The van der Waals surface area contributed by atoms with Crippen LogP contribution in [0.2, 0.25) is 0 Å². The van der Waals surface area contributed by atoms with Crippen molar-refractivity contribution < 1.29 is 0 Å². The molecule has 0 aliphatic rings. The second-order valence-corrected chi connectivity index (χ2v) is 3.33. The summed E-state index contributed by atoms with van der Waals surface area (Å²) in [5.74, 6) is 0. The minimum absolute atomic E-state index is 0.842. The monoisotopic (exact) mass is 264 g/mol. The summed E-state index contributed by atoms with van der Waals surface area (Å²) in [5.41, 5.74) is 1.19. The summed E-state index contributed by atoms with van der Waals surface area (Å²) in [5, 5.41) is 8.51. The molecule has 0 aliphatic carbocycles. The van der Waals surface area contributed by atoms with Crippen molar-refractivity contribution in [2.24, 2.45) is 0 Å². The van der Waals surface area contributed by atoms with Crippen molar-refractivity contribution in [1.82, 2.24) is 10.2 Å². The Balaban J connectivity index is 2.81. The fourth-order valence-corrected chi connectivity index (χ4v) is 1.48. The Hall–Kier alpha value is 0.0400. The van der Waals surface area contributed by atoms with E-state index < -0.39 is 0 Å². The molecule has 0 amide bonds. The smallest absolute Gasteiger partial charge is 0.131 e. The lowest BCUT2D eigenvalue weighted by Crippen LogP contribution is -1.91. The Labute approximate surface area is 76.3 Å². The molecule has 0 aliphatic heterocycles. The van der Waals surface area contributed by atoms with E-state index in [2.05, 4.69) is 42.1 Å². The van der Waals surface area contributed by atoms with E-state index in [0.29, 0.717) is 0 Å². The van der Waals surface area contributed by atoms with Crippen molar-refractivity contribution in [3.8, 4) is 0 Å². The van der Waals surface area contributed by atoms with E-state index in [9.17, 15) is 0 Å². The maximum Gasteiger partial charge on any atom is 0.131 e. The molecule has 0 unspecified atom stereocenters. The maximum atomic E-state index is 3.84. The van der Waals surface area contributed by atoms with Crippen LogP contribution < -0.4 is 0 Å². The summed E-state index contributed by atoms with van der Waals surface area (Å²) in [4.78, 5) is 0. The fraction of sp³-hybridized carbons (Fsp3) is 0.333. The molecule has 0 bridgehead atoms. The highest BCUT2D eigenvalue weighted by Gasteiger charge is 1.97. The molecule has 0 spiro atoms. The van der Waals surface area contributed by atoms with Crippen molar-refractivity contribution in [2.45, 2.75) is 6.42 Å². The first-order valence-electron chi connectivity index (χ1n) is 2.86. The molecule has 0 radical (unpaired) electrons. The van der Waals surface area contributed by atoms with Crippen LogP contribution in [0.1, 0.15) is 5.56 Å². The number of aromatic nitrogens is 2. The zero-order valence-corrected chi connectivity index (χ0v) is 8.39. The lowest BCUT2D eigenvalue weighted by molar-refractivity contribution is 0.960. The first kappa shape index (κ1) is 8.14. The Kier molecular flexibility index (Phi) is 3.28. The van der Waals surface area contributed by atoms with Crippen LogP contribution in [0.3, 0.4) is 0 Å². The van der Waals surface area contributed by atoms with Crippen LogP contribution in [0.5, 0.6) is 0 Å². The molecular weight excluding hydrogens is 260 g/mol. The van der Waals surface area contributed by atoms with Gasteiger partial charge < -0.3 is 0 Å². The topological polar surface area (TPSA) is 25.8 Å². The van der Waals surface area contributed by atoms with Crippen molar-refractivity contribution in [2.75, 3.05) is 5.33 Å². The van der Waals surface area contributed by atoms with Crippen LogP contribution in [0.4, 0.5) is 0 Å². The van der Waals surface area contributed by atoms with Gasteiger partial charge in [-0.2, -0.15) is 5.10 Å². The van der Waals surface area contributed by atoms with Crippen LogP contribution in [0, 0.1) is 0 Å². The average Bonchev–Trinajstić information content (AvgIpc) is 1.94. The van der Waals surface area contributed by atoms with E-state index in [4.69, 9.17) is 0 Å². The van der Waals surface area contributed by atoms with E-state index in [1.54, 1.807) is 6.20 Å². The average molecular weight is 266 g/mol. The third kappa shape index (κ3) is 2.02. The SMILES string of the molecule is BrCCc1ccnnc1Br. The van der Waals surface area contributed by atoms with Crippen LogP contribution in [-0.4, -0.2) is 15.5 Å². The Morgan fingerprint density at radius 3 is 2.90 bits per heavy atom. The van der Waals surface area contributed by atoms with Gasteiger partial charge in [0.25, 0.3) is 0 Å². The van der Waals surface area contributed by atoms with Gasteiger partial charge >= 0.3 is 0 Å². The predicted octanol–water partition coefficient (Wildman–Crippen LogP) is 2.18. The third-order valence-electron chi connectivity index (χ3n) is 1.12. The standard InChI is InChI=1S/C6H6Br2N2/c7-3-1-5-2-4-9-10-6(5)8/h2,4H,1,3H2. The van der Waals surface area contributed by atoms with E-state index >= 15 is 0 Å². The lowest BCUT2D eigenvalue weighted by atomic mass is 10.2. The maximum absolute atomic E-state index is 3.84. The largest absolute Gasteiger partial charge is 0.158 e. The Bertz CT molecular complexity index is 215. The molecule has 1 heterocycles. The van der Waals surface area contributed by atoms with Crippen molar-refractivity contribution in [3.05, 3.63) is 22.4 Å². The number of rotatable bonds is 2. The zero-order chi connectivity index (χ0) is 7.40. The molecule has 0 N–H and O–H groups in total. The van der Waals surface area contributed by atoms with E-state index in [0.717, 1.165) is 16.4 Å². The molecule has 0 atom stereocenters. The minimum atomic E-state index is 0.842. The summed E-state index contributed by atoms with van der Waals surface area (Å²) in [7, 11) is 0. The van der Waals surface area contributed by atoms with Gasteiger partial charge in [0.2, 0.25) is 0 Å². The second kappa shape index (κ2) is 4.03.